The smallest absolute Gasteiger partial charge is 0.265 e. The van der Waals surface area contributed by atoms with Crippen molar-refractivity contribution < 1.29 is 17.9 Å². The first-order valence-electron chi connectivity index (χ1n) is 9.59. The van der Waals surface area contributed by atoms with Crippen LogP contribution in [0, 0.1) is 0 Å². The van der Waals surface area contributed by atoms with Gasteiger partial charge in [-0.1, -0.05) is 32.9 Å². The highest BCUT2D eigenvalue weighted by Gasteiger charge is 2.18. The second-order valence-electron chi connectivity index (χ2n) is 8.32. The highest BCUT2D eigenvalue weighted by Crippen LogP contribution is 2.24. The van der Waals surface area contributed by atoms with E-state index < -0.39 is 16.1 Å². The molecule has 0 saturated heterocycles. The van der Waals surface area contributed by atoms with E-state index in [2.05, 4.69) is 30.8 Å². The zero-order valence-corrected chi connectivity index (χ0v) is 18.6. The molecule has 2 aromatic carbocycles. The first kappa shape index (κ1) is 22.9. The van der Waals surface area contributed by atoms with Crippen molar-refractivity contribution in [2.45, 2.75) is 64.0 Å². The van der Waals surface area contributed by atoms with Gasteiger partial charge in [0.25, 0.3) is 5.91 Å². The van der Waals surface area contributed by atoms with E-state index in [1.807, 2.05) is 24.3 Å². The predicted octanol–water partition coefficient (Wildman–Crippen LogP) is 4.08. The van der Waals surface area contributed by atoms with Crippen LogP contribution in [-0.2, 0) is 20.2 Å². The number of sulfonamides is 1. The van der Waals surface area contributed by atoms with Crippen molar-refractivity contribution in [1.82, 2.24) is 4.72 Å². The maximum absolute atomic E-state index is 12.4. The third-order valence-corrected chi connectivity index (χ3v) is 5.90. The Bertz CT molecular complexity index is 928. The molecule has 2 N–H and O–H groups in total. The minimum Gasteiger partial charge on any atom is -0.481 e. The summed E-state index contributed by atoms with van der Waals surface area (Å²) in [4.78, 5) is 12.5. The van der Waals surface area contributed by atoms with Crippen molar-refractivity contribution in [2.75, 3.05) is 5.32 Å². The van der Waals surface area contributed by atoms with E-state index >= 15 is 0 Å². The summed E-state index contributed by atoms with van der Waals surface area (Å²) in [6.45, 7) is 11.6. The molecule has 1 atom stereocenters. The van der Waals surface area contributed by atoms with Crippen LogP contribution in [0.15, 0.2) is 53.4 Å². The predicted molar refractivity (Wildman–Crippen MR) is 116 cm³/mol. The maximum atomic E-state index is 12.4. The van der Waals surface area contributed by atoms with E-state index in [-0.39, 0.29) is 22.3 Å². The molecule has 0 bridgehead atoms. The second-order valence-corrected chi connectivity index (χ2v) is 10.0. The largest absolute Gasteiger partial charge is 0.481 e. The number of rotatable bonds is 7. The molecule has 0 radical (unpaired) electrons. The van der Waals surface area contributed by atoms with Gasteiger partial charge in [0, 0.05) is 11.7 Å². The summed E-state index contributed by atoms with van der Waals surface area (Å²) >= 11 is 0. The Morgan fingerprint density at radius 3 is 1.97 bits per heavy atom. The van der Waals surface area contributed by atoms with Crippen molar-refractivity contribution in [3.05, 3.63) is 54.1 Å². The zero-order chi connectivity index (χ0) is 21.8. The maximum Gasteiger partial charge on any atom is 0.265 e. The molecule has 1 amide bonds. The molecular weight excluding hydrogens is 388 g/mol. The van der Waals surface area contributed by atoms with Crippen LogP contribution < -0.4 is 14.8 Å². The van der Waals surface area contributed by atoms with Crippen molar-refractivity contribution in [1.29, 1.82) is 0 Å². The van der Waals surface area contributed by atoms with E-state index in [9.17, 15) is 13.2 Å². The molecule has 0 aromatic heterocycles. The molecule has 0 fully saturated rings. The van der Waals surface area contributed by atoms with Gasteiger partial charge < -0.3 is 10.1 Å². The highest BCUT2D eigenvalue weighted by atomic mass is 32.2. The van der Waals surface area contributed by atoms with Crippen LogP contribution in [0.5, 0.6) is 5.75 Å². The van der Waals surface area contributed by atoms with Gasteiger partial charge in [-0.2, -0.15) is 0 Å². The summed E-state index contributed by atoms with van der Waals surface area (Å²) in [6, 6.07) is 13.5. The van der Waals surface area contributed by atoms with Gasteiger partial charge in [0.15, 0.2) is 6.10 Å². The summed E-state index contributed by atoms with van der Waals surface area (Å²) in [5.41, 5.74) is 1.73. The lowest BCUT2D eigenvalue weighted by atomic mass is 9.87. The van der Waals surface area contributed by atoms with E-state index in [4.69, 9.17) is 4.74 Å². The van der Waals surface area contributed by atoms with Gasteiger partial charge in [0.2, 0.25) is 10.0 Å². The summed E-state index contributed by atoms with van der Waals surface area (Å²) in [7, 11) is -3.56. The minimum absolute atomic E-state index is 0.0475. The van der Waals surface area contributed by atoms with Crippen molar-refractivity contribution in [3.63, 3.8) is 0 Å². The topological polar surface area (TPSA) is 84.5 Å². The average molecular weight is 419 g/mol. The number of benzene rings is 2. The van der Waals surface area contributed by atoms with Crippen molar-refractivity contribution >= 4 is 21.6 Å². The number of anilines is 1. The first-order chi connectivity index (χ1) is 13.4. The summed E-state index contributed by atoms with van der Waals surface area (Å²) in [5.74, 6) is 0.294. The molecule has 2 rings (SSSR count). The fourth-order valence-electron chi connectivity index (χ4n) is 2.63. The fourth-order valence-corrected chi connectivity index (χ4v) is 3.88. The first-order valence-corrected chi connectivity index (χ1v) is 11.1. The minimum atomic E-state index is -3.56. The number of nitrogens with one attached hydrogen (secondary N) is 2. The van der Waals surface area contributed by atoms with E-state index in [0.29, 0.717) is 11.4 Å². The molecule has 29 heavy (non-hydrogen) atoms. The van der Waals surface area contributed by atoms with Gasteiger partial charge in [0.1, 0.15) is 5.75 Å². The zero-order valence-electron chi connectivity index (χ0n) is 17.8. The Kier molecular flexibility index (Phi) is 7.08. The van der Waals surface area contributed by atoms with Gasteiger partial charge >= 0.3 is 0 Å². The second kappa shape index (κ2) is 8.97. The lowest BCUT2D eigenvalue weighted by molar-refractivity contribution is -0.122. The Hall–Kier alpha value is -2.38. The molecule has 158 valence electrons. The molecule has 6 nitrogen and oxygen atoms in total. The molecule has 0 unspecified atom stereocenters. The van der Waals surface area contributed by atoms with Gasteiger partial charge in [0.05, 0.1) is 4.90 Å². The van der Waals surface area contributed by atoms with Crippen molar-refractivity contribution in [3.8, 4) is 5.75 Å². The van der Waals surface area contributed by atoms with Crippen LogP contribution in [0.25, 0.3) is 0 Å². The summed E-state index contributed by atoms with van der Waals surface area (Å²) < 4.78 is 32.5. The normalized spacial score (nSPS) is 13.2. The standard InChI is InChI=1S/C22H30N2O4S/c1-15(2)24-29(26,27)20-13-9-18(10-14-20)23-21(25)16(3)28-19-11-7-17(8-12-19)22(4,5)6/h7-16,24H,1-6H3,(H,23,25)/t16-/m0/s1. The Balaban J connectivity index is 1.99. The molecule has 0 aliphatic rings. The number of carbonyl (C=O) groups excluding carboxylic acids is 1. The quantitative estimate of drug-likeness (QED) is 0.710. The number of amides is 1. The number of hydrogen-bond acceptors (Lipinski definition) is 4. The van der Waals surface area contributed by atoms with Gasteiger partial charge in [-0.15, -0.1) is 0 Å². The lowest BCUT2D eigenvalue weighted by Gasteiger charge is -2.20. The van der Waals surface area contributed by atoms with E-state index in [1.165, 1.54) is 17.7 Å². The fraction of sp³-hybridized carbons (Fsp3) is 0.409. The van der Waals surface area contributed by atoms with Crippen LogP contribution in [0.1, 0.15) is 47.1 Å². The molecule has 0 aliphatic carbocycles. The Labute approximate surface area is 173 Å². The SMILES string of the molecule is CC(C)NS(=O)(=O)c1ccc(NC(=O)[C@H](C)Oc2ccc(C(C)(C)C)cc2)cc1. The molecule has 0 spiro atoms. The average Bonchev–Trinajstić information content (AvgIpc) is 2.60. The van der Waals surface area contributed by atoms with Crippen molar-refractivity contribution in [2.24, 2.45) is 0 Å². The monoisotopic (exact) mass is 418 g/mol. The lowest BCUT2D eigenvalue weighted by Crippen LogP contribution is -2.31. The summed E-state index contributed by atoms with van der Waals surface area (Å²) in [6.07, 6.45) is -0.707. The molecule has 7 heteroatoms. The molecule has 2 aromatic rings. The molecule has 0 heterocycles. The summed E-state index contributed by atoms with van der Waals surface area (Å²) in [5, 5.41) is 2.74. The van der Waals surface area contributed by atoms with Gasteiger partial charge in [-0.05, 0) is 68.1 Å². The molecule has 0 aliphatic heterocycles. The third kappa shape index (κ3) is 6.58. The van der Waals surface area contributed by atoms with Gasteiger partial charge in [-0.3, -0.25) is 4.79 Å². The van der Waals surface area contributed by atoms with Crippen LogP contribution in [0.3, 0.4) is 0 Å². The van der Waals surface area contributed by atoms with E-state index in [1.54, 1.807) is 32.9 Å². The number of ether oxygens (including phenoxy) is 1. The van der Waals surface area contributed by atoms with E-state index in [0.717, 1.165) is 0 Å². The Morgan fingerprint density at radius 2 is 1.48 bits per heavy atom. The van der Waals surface area contributed by atoms with Crippen LogP contribution >= 0.6 is 0 Å². The number of hydrogen-bond donors (Lipinski definition) is 2. The van der Waals surface area contributed by atoms with Crippen LogP contribution in [0.2, 0.25) is 0 Å². The van der Waals surface area contributed by atoms with Crippen LogP contribution in [0.4, 0.5) is 5.69 Å². The molecular formula is C22H30N2O4S. The van der Waals surface area contributed by atoms with Gasteiger partial charge in [-0.25, -0.2) is 13.1 Å². The third-order valence-electron chi connectivity index (χ3n) is 4.23. The molecule has 0 saturated carbocycles. The number of carbonyl (C=O) groups is 1. The Morgan fingerprint density at radius 1 is 0.931 bits per heavy atom. The highest BCUT2D eigenvalue weighted by molar-refractivity contribution is 7.89. The van der Waals surface area contributed by atoms with Crippen LogP contribution in [-0.4, -0.2) is 26.5 Å².